The van der Waals surface area contributed by atoms with Crippen molar-refractivity contribution in [2.75, 3.05) is 0 Å². The van der Waals surface area contributed by atoms with Gasteiger partial charge in [0.05, 0.1) is 5.56 Å². The number of nitrogens with zero attached hydrogens (tertiary/aromatic N) is 1. The average molecular weight is 269 g/mol. The third-order valence-corrected chi connectivity index (χ3v) is 3.41. The minimum absolute atomic E-state index is 0.363. The summed E-state index contributed by atoms with van der Waals surface area (Å²) >= 11 is 0. The van der Waals surface area contributed by atoms with Crippen molar-refractivity contribution >= 4 is 5.97 Å². The standard InChI is InChI=1S/C17H19NO2/c1-13(7-8-14-5-3-9-18-12-14)10-15-4-2-6-16(11-15)17(19)20/h2-6,9,11-13H,7-8,10H2,1H3,(H,19,20). The molecule has 0 saturated carbocycles. The van der Waals surface area contributed by atoms with Gasteiger partial charge in [0.15, 0.2) is 0 Å². The summed E-state index contributed by atoms with van der Waals surface area (Å²) in [6.07, 6.45) is 6.67. The predicted molar refractivity (Wildman–Crippen MR) is 78.8 cm³/mol. The van der Waals surface area contributed by atoms with Gasteiger partial charge in [0.1, 0.15) is 0 Å². The van der Waals surface area contributed by atoms with Gasteiger partial charge in [-0.05, 0) is 54.5 Å². The Bertz CT molecular complexity index is 566. The molecule has 1 unspecified atom stereocenters. The third kappa shape index (κ3) is 4.19. The summed E-state index contributed by atoms with van der Waals surface area (Å²) in [7, 11) is 0. The number of carboxylic acids is 1. The second-order valence-corrected chi connectivity index (χ2v) is 5.21. The quantitative estimate of drug-likeness (QED) is 0.871. The molecular weight excluding hydrogens is 250 g/mol. The lowest BCUT2D eigenvalue weighted by atomic mass is 9.94. The van der Waals surface area contributed by atoms with Gasteiger partial charge in [0.25, 0.3) is 0 Å². The van der Waals surface area contributed by atoms with Gasteiger partial charge in [-0.25, -0.2) is 4.79 Å². The van der Waals surface area contributed by atoms with Crippen LogP contribution < -0.4 is 0 Å². The van der Waals surface area contributed by atoms with E-state index < -0.39 is 5.97 Å². The zero-order valence-corrected chi connectivity index (χ0v) is 11.6. The highest BCUT2D eigenvalue weighted by atomic mass is 16.4. The van der Waals surface area contributed by atoms with Crippen LogP contribution in [0, 0.1) is 5.92 Å². The fraction of sp³-hybridized carbons (Fsp3) is 0.294. The minimum atomic E-state index is -0.866. The second kappa shape index (κ2) is 6.85. The zero-order chi connectivity index (χ0) is 14.4. The van der Waals surface area contributed by atoms with Crippen LogP contribution in [0.1, 0.15) is 34.8 Å². The number of carboxylic acid groups (broad SMARTS) is 1. The summed E-state index contributed by atoms with van der Waals surface area (Å²) in [5, 5.41) is 8.99. The molecule has 1 heterocycles. The van der Waals surface area contributed by atoms with Gasteiger partial charge in [0.2, 0.25) is 0 Å². The fourth-order valence-electron chi connectivity index (χ4n) is 2.29. The lowest BCUT2D eigenvalue weighted by molar-refractivity contribution is 0.0696. The van der Waals surface area contributed by atoms with Gasteiger partial charge in [-0.15, -0.1) is 0 Å². The Morgan fingerprint density at radius 3 is 2.75 bits per heavy atom. The first-order valence-electron chi connectivity index (χ1n) is 6.86. The van der Waals surface area contributed by atoms with E-state index in [-0.39, 0.29) is 0 Å². The molecule has 1 atom stereocenters. The van der Waals surface area contributed by atoms with Crippen molar-refractivity contribution in [3.8, 4) is 0 Å². The Morgan fingerprint density at radius 2 is 2.05 bits per heavy atom. The monoisotopic (exact) mass is 269 g/mol. The summed E-state index contributed by atoms with van der Waals surface area (Å²) in [5.41, 5.74) is 2.70. The van der Waals surface area contributed by atoms with Crippen LogP contribution in [-0.2, 0) is 12.8 Å². The highest BCUT2D eigenvalue weighted by Gasteiger charge is 2.07. The molecule has 3 heteroatoms. The number of pyridine rings is 1. The zero-order valence-electron chi connectivity index (χ0n) is 11.6. The first-order valence-corrected chi connectivity index (χ1v) is 6.86. The Hall–Kier alpha value is -2.16. The van der Waals surface area contributed by atoms with Gasteiger partial charge in [0, 0.05) is 12.4 Å². The van der Waals surface area contributed by atoms with E-state index in [1.165, 1.54) is 5.56 Å². The van der Waals surface area contributed by atoms with E-state index in [4.69, 9.17) is 5.11 Å². The lowest BCUT2D eigenvalue weighted by Gasteiger charge is -2.11. The number of aromatic nitrogens is 1. The first kappa shape index (κ1) is 14.3. The van der Waals surface area contributed by atoms with Gasteiger partial charge in [-0.3, -0.25) is 4.98 Å². The molecule has 1 N–H and O–H groups in total. The molecule has 0 saturated heterocycles. The van der Waals surface area contributed by atoms with Gasteiger partial charge >= 0.3 is 5.97 Å². The van der Waals surface area contributed by atoms with E-state index in [1.807, 2.05) is 24.4 Å². The Kier molecular flexibility index (Phi) is 4.88. The van der Waals surface area contributed by atoms with Crippen LogP contribution in [-0.4, -0.2) is 16.1 Å². The number of benzene rings is 1. The molecule has 0 spiro atoms. The van der Waals surface area contributed by atoms with Gasteiger partial charge < -0.3 is 5.11 Å². The maximum absolute atomic E-state index is 10.9. The van der Waals surface area contributed by atoms with Gasteiger partial charge in [-0.1, -0.05) is 25.1 Å². The van der Waals surface area contributed by atoms with Crippen molar-refractivity contribution in [2.24, 2.45) is 5.92 Å². The largest absolute Gasteiger partial charge is 0.478 e. The number of hydrogen-bond acceptors (Lipinski definition) is 2. The third-order valence-electron chi connectivity index (χ3n) is 3.41. The van der Waals surface area contributed by atoms with E-state index in [0.717, 1.165) is 24.8 Å². The van der Waals surface area contributed by atoms with Crippen LogP contribution in [0.4, 0.5) is 0 Å². The summed E-state index contributed by atoms with van der Waals surface area (Å²) in [4.78, 5) is 15.1. The number of carbonyl (C=O) groups is 1. The molecule has 0 aliphatic rings. The van der Waals surface area contributed by atoms with Crippen molar-refractivity contribution in [2.45, 2.75) is 26.2 Å². The number of aryl methyl sites for hydroxylation is 1. The van der Waals surface area contributed by atoms with Gasteiger partial charge in [-0.2, -0.15) is 0 Å². The summed E-state index contributed by atoms with van der Waals surface area (Å²) in [6, 6.07) is 11.2. The molecule has 2 aromatic rings. The molecule has 104 valence electrons. The molecule has 20 heavy (non-hydrogen) atoms. The van der Waals surface area contributed by atoms with Crippen LogP contribution in [0.5, 0.6) is 0 Å². The number of rotatable bonds is 6. The minimum Gasteiger partial charge on any atom is -0.478 e. The molecule has 1 aromatic carbocycles. The fourth-order valence-corrected chi connectivity index (χ4v) is 2.29. The van der Waals surface area contributed by atoms with Crippen LogP contribution in [0.15, 0.2) is 48.8 Å². The molecule has 1 aromatic heterocycles. The van der Waals surface area contributed by atoms with E-state index in [0.29, 0.717) is 11.5 Å². The van der Waals surface area contributed by atoms with Crippen LogP contribution in [0.3, 0.4) is 0 Å². The maximum atomic E-state index is 10.9. The van der Waals surface area contributed by atoms with Crippen molar-refractivity contribution in [1.29, 1.82) is 0 Å². The van der Waals surface area contributed by atoms with E-state index in [1.54, 1.807) is 18.3 Å². The van der Waals surface area contributed by atoms with Crippen molar-refractivity contribution in [3.63, 3.8) is 0 Å². The molecule has 0 bridgehead atoms. The van der Waals surface area contributed by atoms with Crippen molar-refractivity contribution < 1.29 is 9.90 Å². The highest BCUT2D eigenvalue weighted by Crippen LogP contribution is 2.16. The molecule has 2 rings (SSSR count). The molecule has 0 aliphatic carbocycles. The normalized spacial score (nSPS) is 12.1. The SMILES string of the molecule is CC(CCc1cccnc1)Cc1cccc(C(=O)O)c1. The smallest absolute Gasteiger partial charge is 0.335 e. The molecule has 3 nitrogen and oxygen atoms in total. The molecule has 0 radical (unpaired) electrons. The highest BCUT2D eigenvalue weighted by molar-refractivity contribution is 5.87. The average Bonchev–Trinajstić information content (AvgIpc) is 2.46. The number of hydrogen-bond donors (Lipinski definition) is 1. The first-order chi connectivity index (χ1) is 9.65. The molecule has 0 fully saturated rings. The van der Waals surface area contributed by atoms with Crippen LogP contribution in [0.2, 0.25) is 0 Å². The molecule has 0 amide bonds. The second-order valence-electron chi connectivity index (χ2n) is 5.21. The summed E-state index contributed by atoms with van der Waals surface area (Å²) < 4.78 is 0. The van der Waals surface area contributed by atoms with E-state index in [2.05, 4.69) is 18.0 Å². The van der Waals surface area contributed by atoms with Crippen molar-refractivity contribution in [3.05, 3.63) is 65.5 Å². The molecular formula is C17H19NO2. The number of aromatic carboxylic acids is 1. The lowest BCUT2D eigenvalue weighted by Crippen LogP contribution is -2.04. The Morgan fingerprint density at radius 1 is 1.25 bits per heavy atom. The maximum Gasteiger partial charge on any atom is 0.335 e. The predicted octanol–water partition coefficient (Wildman–Crippen LogP) is 3.59. The Labute approximate surface area is 119 Å². The van der Waals surface area contributed by atoms with Crippen molar-refractivity contribution in [1.82, 2.24) is 4.98 Å². The molecule has 0 aliphatic heterocycles. The van der Waals surface area contributed by atoms with E-state index in [9.17, 15) is 4.79 Å². The van der Waals surface area contributed by atoms with E-state index >= 15 is 0 Å². The summed E-state index contributed by atoms with van der Waals surface area (Å²) in [5.74, 6) is -0.353. The van der Waals surface area contributed by atoms with Crippen LogP contribution in [0.25, 0.3) is 0 Å². The van der Waals surface area contributed by atoms with Crippen LogP contribution >= 0.6 is 0 Å². The Balaban J connectivity index is 1.89. The topological polar surface area (TPSA) is 50.2 Å². The summed E-state index contributed by atoms with van der Waals surface area (Å²) in [6.45, 7) is 2.20.